The molecule has 0 saturated heterocycles. The van der Waals surface area contributed by atoms with Gasteiger partial charge in [0, 0.05) is 13.1 Å². The molecular formula is C14H31N2O5P. The molecule has 0 rings (SSSR count). The van der Waals surface area contributed by atoms with Crippen LogP contribution in [0.3, 0.4) is 0 Å². The third kappa shape index (κ3) is 12.0. The van der Waals surface area contributed by atoms with Gasteiger partial charge in [0.25, 0.3) is 0 Å². The molecule has 0 aliphatic rings. The van der Waals surface area contributed by atoms with E-state index < -0.39 is 19.3 Å². The van der Waals surface area contributed by atoms with Crippen LogP contribution in [0.2, 0.25) is 0 Å². The summed E-state index contributed by atoms with van der Waals surface area (Å²) in [6, 6.07) is 0. The number of nitrogens with one attached hydrogen (secondary N) is 2. The SMILES string of the molecule is CCOP(=O)(CCNCCCNC(=O)OC(C)(C)C)OCC. The molecule has 22 heavy (non-hydrogen) atoms. The highest BCUT2D eigenvalue weighted by molar-refractivity contribution is 7.53. The molecule has 0 aromatic carbocycles. The number of carbonyl (C=O) groups is 1. The third-order valence-corrected chi connectivity index (χ3v) is 4.49. The van der Waals surface area contributed by atoms with Crippen molar-refractivity contribution < 1.29 is 23.1 Å². The Kier molecular flexibility index (Phi) is 10.7. The van der Waals surface area contributed by atoms with E-state index in [1.165, 1.54) is 0 Å². The normalized spacial score (nSPS) is 12.2. The maximum atomic E-state index is 12.2. The fraction of sp³-hybridized carbons (Fsp3) is 0.929. The van der Waals surface area contributed by atoms with E-state index >= 15 is 0 Å². The van der Waals surface area contributed by atoms with Crippen molar-refractivity contribution in [1.29, 1.82) is 0 Å². The Bertz CT molecular complexity index is 348. The molecule has 0 aromatic heterocycles. The molecule has 0 fully saturated rings. The molecule has 132 valence electrons. The van der Waals surface area contributed by atoms with Gasteiger partial charge in [-0.2, -0.15) is 0 Å². The Hall–Kier alpha value is -0.620. The molecule has 8 heteroatoms. The van der Waals surface area contributed by atoms with E-state index in [1.807, 2.05) is 20.8 Å². The quantitative estimate of drug-likeness (QED) is 0.445. The first-order valence-electron chi connectivity index (χ1n) is 7.78. The van der Waals surface area contributed by atoms with E-state index in [0.29, 0.717) is 39.0 Å². The lowest BCUT2D eigenvalue weighted by Crippen LogP contribution is -2.34. The van der Waals surface area contributed by atoms with Crippen LogP contribution in [0.4, 0.5) is 4.79 Å². The lowest BCUT2D eigenvalue weighted by atomic mass is 10.2. The Morgan fingerprint density at radius 1 is 1.05 bits per heavy atom. The monoisotopic (exact) mass is 338 g/mol. The van der Waals surface area contributed by atoms with Crippen LogP contribution in [0.25, 0.3) is 0 Å². The van der Waals surface area contributed by atoms with Gasteiger partial charge in [0.15, 0.2) is 0 Å². The third-order valence-electron chi connectivity index (χ3n) is 2.41. The molecule has 0 atom stereocenters. The highest BCUT2D eigenvalue weighted by atomic mass is 31.2. The fourth-order valence-corrected chi connectivity index (χ4v) is 3.17. The van der Waals surface area contributed by atoms with Crippen LogP contribution >= 0.6 is 7.60 Å². The number of rotatable bonds is 11. The smallest absolute Gasteiger partial charge is 0.407 e. The second-order valence-electron chi connectivity index (χ2n) is 5.70. The minimum absolute atomic E-state index is 0.341. The van der Waals surface area contributed by atoms with Crippen LogP contribution in [0, 0.1) is 0 Å². The summed E-state index contributed by atoms with van der Waals surface area (Å²) in [4.78, 5) is 11.4. The van der Waals surface area contributed by atoms with Crippen molar-refractivity contribution in [1.82, 2.24) is 10.6 Å². The standard InChI is InChI=1S/C14H31N2O5P/c1-6-19-22(18,20-7-2)12-11-15-9-8-10-16-13(17)21-14(3,4)5/h15H,6-12H2,1-5H3,(H,16,17). The molecule has 7 nitrogen and oxygen atoms in total. The molecule has 0 aromatic rings. The van der Waals surface area contributed by atoms with E-state index in [-0.39, 0.29) is 0 Å². The molecule has 1 amide bonds. The summed E-state index contributed by atoms with van der Waals surface area (Å²) >= 11 is 0. The Morgan fingerprint density at radius 3 is 2.14 bits per heavy atom. The Labute approximate surface area is 134 Å². The zero-order chi connectivity index (χ0) is 17.1. The van der Waals surface area contributed by atoms with Gasteiger partial charge < -0.3 is 24.4 Å². The van der Waals surface area contributed by atoms with Gasteiger partial charge in [-0.15, -0.1) is 0 Å². The number of ether oxygens (including phenoxy) is 1. The van der Waals surface area contributed by atoms with Gasteiger partial charge in [-0.1, -0.05) is 0 Å². The summed E-state index contributed by atoms with van der Waals surface area (Å²) in [5.74, 6) is 0. The van der Waals surface area contributed by atoms with E-state index in [0.717, 1.165) is 6.42 Å². The lowest BCUT2D eigenvalue weighted by Gasteiger charge is -2.19. The van der Waals surface area contributed by atoms with Crippen LogP contribution < -0.4 is 10.6 Å². The van der Waals surface area contributed by atoms with E-state index in [2.05, 4.69) is 10.6 Å². The summed E-state index contributed by atoms with van der Waals surface area (Å²) in [7, 11) is -2.97. The van der Waals surface area contributed by atoms with E-state index in [1.54, 1.807) is 13.8 Å². The van der Waals surface area contributed by atoms with Gasteiger partial charge in [-0.3, -0.25) is 4.57 Å². The first kappa shape index (κ1) is 21.4. The molecule has 0 spiro atoms. The molecule has 0 unspecified atom stereocenters. The predicted octanol–water partition coefficient (Wildman–Crippen LogP) is 2.76. The van der Waals surface area contributed by atoms with E-state index in [9.17, 15) is 9.36 Å². The van der Waals surface area contributed by atoms with Crippen LogP contribution in [0.1, 0.15) is 41.0 Å². The minimum Gasteiger partial charge on any atom is -0.444 e. The van der Waals surface area contributed by atoms with Crippen molar-refractivity contribution in [3.63, 3.8) is 0 Å². The van der Waals surface area contributed by atoms with Gasteiger partial charge in [0.1, 0.15) is 5.60 Å². The molecule has 0 aliphatic heterocycles. The summed E-state index contributed by atoms with van der Waals surface area (Å²) in [6.07, 6.45) is 0.686. The zero-order valence-electron chi connectivity index (χ0n) is 14.4. The van der Waals surface area contributed by atoms with Crippen molar-refractivity contribution >= 4 is 13.7 Å². The van der Waals surface area contributed by atoms with Gasteiger partial charge in [-0.25, -0.2) is 4.79 Å². The Balaban J connectivity index is 3.69. The summed E-state index contributed by atoms with van der Waals surface area (Å²) < 4.78 is 27.7. The number of carbonyl (C=O) groups excluding carboxylic acids is 1. The van der Waals surface area contributed by atoms with Gasteiger partial charge in [-0.05, 0) is 47.6 Å². The fourth-order valence-electron chi connectivity index (χ4n) is 1.62. The van der Waals surface area contributed by atoms with Crippen LogP contribution in [0.15, 0.2) is 0 Å². The largest absolute Gasteiger partial charge is 0.444 e. The Morgan fingerprint density at radius 2 is 1.64 bits per heavy atom. The van der Waals surface area contributed by atoms with E-state index in [4.69, 9.17) is 13.8 Å². The van der Waals surface area contributed by atoms with Gasteiger partial charge in [0.2, 0.25) is 0 Å². The van der Waals surface area contributed by atoms with Gasteiger partial charge >= 0.3 is 13.7 Å². The second-order valence-corrected chi connectivity index (χ2v) is 7.89. The summed E-state index contributed by atoms with van der Waals surface area (Å²) in [6.45, 7) is 11.6. The molecule has 2 N–H and O–H groups in total. The summed E-state index contributed by atoms with van der Waals surface area (Å²) in [5.41, 5.74) is -0.484. The average Bonchev–Trinajstić information content (AvgIpc) is 2.36. The molecule has 0 bridgehead atoms. The second kappa shape index (κ2) is 11.0. The molecule has 0 aliphatic carbocycles. The minimum atomic E-state index is -2.97. The molecule has 0 saturated carbocycles. The maximum Gasteiger partial charge on any atom is 0.407 e. The van der Waals surface area contributed by atoms with Crippen LogP contribution in [-0.2, 0) is 18.3 Å². The highest BCUT2D eigenvalue weighted by Crippen LogP contribution is 2.47. The topological polar surface area (TPSA) is 85.9 Å². The molecule has 0 heterocycles. The van der Waals surface area contributed by atoms with Crippen molar-refractivity contribution in [2.75, 3.05) is 39.0 Å². The van der Waals surface area contributed by atoms with Crippen molar-refractivity contribution in [3.8, 4) is 0 Å². The number of hydrogen-bond donors (Lipinski definition) is 2. The summed E-state index contributed by atoms with van der Waals surface area (Å²) in [5, 5.41) is 5.84. The van der Waals surface area contributed by atoms with Gasteiger partial charge in [0.05, 0.1) is 19.4 Å². The first-order valence-corrected chi connectivity index (χ1v) is 9.51. The first-order chi connectivity index (χ1) is 10.2. The molecule has 0 radical (unpaired) electrons. The number of amides is 1. The molecular weight excluding hydrogens is 307 g/mol. The average molecular weight is 338 g/mol. The highest BCUT2D eigenvalue weighted by Gasteiger charge is 2.22. The number of alkyl carbamates (subject to hydrolysis) is 1. The lowest BCUT2D eigenvalue weighted by molar-refractivity contribution is 0.0527. The van der Waals surface area contributed by atoms with Crippen LogP contribution in [0.5, 0.6) is 0 Å². The number of hydrogen-bond acceptors (Lipinski definition) is 6. The van der Waals surface area contributed by atoms with Crippen molar-refractivity contribution in [2.45, 2.75) is 46.6 Å². The van der Waals surface area contributed by atoms with Crippen LogP contribution in [-0.4, -0.2) is 50.7 Å². The predicted molar refractivity (Wildman–Crippen MR) is 87.4 cm³/mol. The van der Waals surface area contributed by atoms with Crippen molar-refractivity contribution in [3.05, 3.63) is 0 Å². The maximum absolute atomic E-state index is 12.2. The zero-order valence-corrected chi connectivity index (χ0v) is 15.3. The van der Waals surface area contributed by atoms with Crippen molar-refractivity contribution in [2.24, 2.45) is 0 Å².